The van der Waals surface area contributed by atoms with Crippen LogP contribution in [0.1, 0.15) is 6.92 Å². The van der Waals surface area contributed by atoms with E-state index in [1.165, 1.54) is 12.1 Å². The van der Waals surface area contributed by atoms with Gasteiger partial charge in [0.05, 0.1) is 0 Å². The molecule has 1 aromatic rings. The molecule has 0 aromatic heterocycles. The third kappa shape index (κ3) is 1.66. The maximum absolute atomic E-state index is 9.51. The van der Waals surface area contributed by atoms with Gasteiger partial charge in [0, 0.05) is 13.1 Å². The predicted octanol–water partition coefficient (Wildman–Crippen LogP) is 0.544. The quantitative estimate of drug-likeness (QED) is 0.537. The Morgan fingerprint density at radius 3 is 2.40 bits per heavy atom. The molecular weight excluding hydrogens is 198 g/mol. The normalized spacial score (nSPS) is 18.2. The summed E-state index contributed by atoms with van der Waals surface area (Å²) in [6, 6.07) is 2.70. The molecule has 0 spiro atoms. The molecule has 1 aromatic carbocycles. The van der Waals surface area contributed by atoms with Crippen molar-refractivity contribution in [2.24, 2.45) is 0 Å². The number of benzene rings is 1. The van der Waals surface area contributed by atoms with E-state index in [1.807, 2.05) is 6.92 Å². The van der Waals surface area contributed by atoms with E-state index < -0.39 is 11.5 Å². The van der Waals surface area contributed by atoms with E-state index in [1.54, 1.807) is 0 Å². The van der Waals surface area contributed by atoms with Crippen LogP contribution in [0.4, 0.5) is 0 Å². The van der Waals surface area contributed by atoms with E-state index in [0.717, 1.165) is 0 Å². The molecule has 1 fully saturated rings. The number of ether oxygens (including phenoxy) is 1. The van der Waals surface area contributed by atoms with Crippen molar-refractivity contribution in [2.45, 2.75) is 12.5 Å². The van der Waals surface area contributed by atoms with Gasteiger partial charge in [-0.2, -0.15) is 0 Å². The van der Waals surface area contributed by atoms with E-state index in [4.69, 9.17) is 9.84 Å². The van der Waals surface area contributed by atoms with Crippen molar-refractivity contribution in [3.05, 3.63) is 12.1 Å². The monoisotopic (exact) mass is 211 g/mol. The third-order valence-corrected chi connectivity index (χ3v) is 2.45. The summed E-state index contributed by atoms with van der Waals surface area (Å²) < 4.78 is 5.52. The number of phenolic OH excluding ortho intramolecular Hbond substituents is 3. The second-order valence-corrected chi connectivity index (χ2v) is 3.94. The van der Waals surface area contributed by atoms with Crippen molar-refractivity contribution in [3.63, 3.8) is 0 Å². The third-order valence-electron chi connectivity index (χ3n) is 2.45. The fourth-order valence-electron chi connectivity index (χ4n) is 1.45. The first-order valence-electron chi connectivity index (χ1n) is 4.65. The predicted molar refractivity (Wildman–Crippen MR) is 53.3 cm³/mol. The van der Waals surface area contributed by atoms with Gasteiger partial charge in [0.25, 0.3) is 0 Å². The number of hydrogen-bond donors (Lipinski definition) is 4. The van der Waals surface area contributed by atoms with Crippen molar-refractivity contribution in [1.82, 2.24) is 5.32 Å². The van der Waals surface area contributed by atoms with Gasteiger partial charge in [-0.3, -0.25) is 0 Å². The summed E-state index contributed by atoms with van der Waals surface area (Å²) in [5, 5.41) is 31.0. The average Bonchev–Trinajstić information content (AvgIpc) is 2.17. The zero-order valence-electron chi connectivity index (χ0n) is 8.32. The molecule has 1 aliphatic rings. The molecule has 82 valence electrons. The van der Waals surface area contributed by atoms with Crippen LogP contribution in [0.5, 0.6) is 23.0 Å². The molecule has 5 nitrogen and oxygen atoms in total. The lowest BCUT2D eigenvalue weighted by Crippen LogP contribution is -2.61. The largest absolute Gasteiger partial charge is 0.504 e. The SMILES string of the molecule is CC1(Oc2ccc(O)c(O)c2O)CNC1. The molecule has 4 N–H and O–H groups in total. The van der Waals surface area contributed by atoms with Crippen LogP contribution in [0.2, 0.25) is 0 Å². The van der Waals surface area contributed by atoms with Gasteiger partial charge in [0.2, 0.25) is 11.5 Å². The second kappa shape index (κ2) is 3.20. The Labute approximate surface area is 86.9 Å². The van der Waals surface area contributed by atoms with Crippen molar-refractivity contribution in [3.8, 4) is 23.0 Å². The Hall–Kier alpha value is -1.62. The van der Waals surface area contributed by atoms with E-state index in [0.29, 0.717) is 13.1 Å². The zero-order chi connectivity index (χ0) is 11.1. The van der Waals surface area contributed by atoms with Crippen molar-refractivity contribution >= 4 is 0 Å². The van der Waals surface area contributed by atoms with Crippen molar-refractivity contribution in [2.75, 3.05) is 13.1 Å². The lowest BCUT2D eigenvalue weighted by molar-refractivity contribution is 0.0320. The van der Waals surface area contributed by atoms with Crippen LogP contribution in [0, 0.1) is 0 Å². The molecule has 1 heterocycles. The van der Waals surface area contributed by atoms with Crippen LogP contribution < -0.4 is 10.1 Å². The van der Waals surface area contributed by atoms with Gasteiger partial charge in [-0.05, 0) is 19.1 Å². The first-order valence-corrected chi connectivity index (χ1v) is 4.65. The Balaban J connectivity index is 2.25. The highest BCUT2D eigenvalue weighted by molar-refractivity contribution is 5.56. The molecule has 0 radical (unpaired) electrons. The Morgan fingerprint density at radius 1 is 1.20 bits per heavy atom. The Morgan fingerprint density at radius 2 is 1.87 bits per heavy atom. The van der Waals surface area contributed by atoms with Crippen LogP contribution in [0.15, 0.2) is 12.1 Å². The molecular formula is C10H13NO4. The van der Waals surface area contributed by atoms with Gasteiger partial charge >= 0.3 is 0 Å². The number of phenols is 3. The van der Waals surface area contributed by atoms with Crippen LogP contribution in [0.25, 0.3) is 0 Å². The fraction of sp³-hybridized carbons (Fsp3) is 0.400. The minimum Gasteiger partial charge on any atom is -0.504 e. The summed E-state index contributed by atoms with van der Waals surface area (Å²) >= 11 is 0. The van der Waals surface area contributed by atoms with Crippen LogP contribution >= 0.6 is 0 Å². The number of aromatic hydroxyl groups is 3. The van der Waals surface area contributed by atoms with E-state index in [2.05, 4.69) is 5.32 Å². The first kappa shape index (κ1) is 9.92. The molecule has 0 unspecified atom stereocenters. The molecule has 1 aliphatic heterocycles. The number of hydrogen-bond acceptors (Lipinski definition) is 5. The van der Waals surface area contributed by atoms with E-state index in [9.17, 15) is 10.2 Å². The van der Waals surface area contributed by atoms with Gasteiger partial charge in [0.15, 0.2) is 11.5 Å². The molecule has 5 heteroatoms. The zero-order valence-corrected chi connectivity index (χ0v) is 8.32. The number of nitrogens with one attached hydrogen (secondary N) is 1. The van der Waals surface area contributed by atoms with E-state index in [-0.39, 0.29) is 17.1 Å². The molecule has 0 aliphatic carbocycles. The van der Waals surface area contributed by atoms with Gasteiger partial charge in [0.1, 0.15) is 5.60 Å². The Bertz CT molecular complexity index is 387. The second-order valence-electron chi connectivity index (χ2n) is 3.94. The molecule has 2 rings (SSSR count). The standard InChI is InChI=1S/C10H13NO4/c1-10(4-11-5-10)15-7-3-2-6(12)8(13)9(7)14/h2-3,11-14H,4-5H2,1H3. The smallest absolute Gasteiger partial charge is 0.204 e. The van der Waals surface area contributed by atoms with Crippen molar-refractivity contribution < 1.29 is 20.1 Å². The van der Waals surface area contributed by atoms with Crippen LogP contribution in [0.3, 0.4) is 0 Å². The summed E-state index contributed by atoms with van der Waals surface area (Å²) in [5.74, 6) is -1.17. The van der Waals surface area contributed by atoms with Gasteiger partial charge < -0.3 is 25.4 Å². The minimum absolute atomic E-state index is 0.175. The maximum Gasteiger partial charge on any atom is 0.204 e. The molecule has 0 atom stereocenters. The van der Waals surface area contributed by atoms with Crippen LogP contribution in [-0.2, 0) is 0 Å². The fourth-order valence-corrected chi connectivity index (χ4v) is 1.45. The maximum atomic E-state index is 9.51. The van der Waals surface area contributed by atoms with Crippen molar-refractivity contribution in [1.29, 1.82) is 0 Å². The summed E-state index contributed by atoms with van der Waals surface area (Å²) in [7, 11) is 0. The Kier molecular flexibility index (Phi) is 2.12. The van der Waals surface area contributed by atoms with Gasteiger partial charge in [-0.1, -0.05) is 0 Å². The molecule has 0 bridgehead atoms. The summed E-state index contributed by atoms with van der Waals surface area (Å²) in [6.07, 6.45) is 0. The highest BCUT2D eigenvalue weighted by Gasteiger charge is 2.34. The first-order chi connectivity index (χ1) is 7.02. The molecule has 1 saturated heterocycles. The van der Waals surface area contributed by atoms with Gasteiger partial charge in [-0.15, -0.1) is 0 Å². The topological polar surface area (TPSA) is 82.0 Å². The minimum atomic E-state index is -0.552. The summed E-state index contributed by atoms with van der Waals surface area (Å²) in [5.41, 5.74) is -0.360. The summed E-state index contributed by atoms with van der Waals surface area (Å²) in [4.78, 5) is 0. The molecule has 0 amide bonds. The number of rotatable bonds is 2. The summed E-state index contributed by atoms with van der Waals surface area (Å²) in [6.45, 7) is 3.27. The highest BCUT2D eigenvalue weighted by atomic mass is 16.5. The molecule has 0 saturated carbocycles. The van der Waals surface area contributed by atoms with Gasteiger partial charge in [-0.25, -0.2) is 0 Å². The lowest BCUT2D eigenvalue weighted by Gasteiger charge is -2.39. The lowest BCUT2D eigenvalue weighted by atomic mass is 10.00. The highest BCUT2D eigenvalue weighted by Crippen LogP contribution is 2.42. The molecule has 15 heavy (non-hydrogen) atoms. The van der Waals surface area contributed by atoms with Crippen LogP contribution in [-0.4, -0.2) is 34.0 Å². The average molecular weight is 211 g/mol. The van der Waals surface area contributed by atoms with E-state index >= 15 is 0 Å².